The summed E-state index contributed by atoms with van der Waals surface area (Å²) in [7, 11) is 1.55. The van der Waals surface area contributed by atoms with Gasteiger partial charge in [-0.05, 0) is 18.9 Å². The Kier molecular flexibility index (Phi) is 5.22. The van der Waals surface area contributed by atoms with Gasteiger partial charge >= 0.3 is 0 Å². The molecule has 1 saturated heterocycles. The summed E-state index contributed by atoms with van der Waals surface area (Å²) in [5.41, 5.74) is -0.0425. The predicted molar refractivity (Wildman–Crippen MR) is 87.1 cm³/mol. The van der Waals surface area contributed by atoms with Crippen LogP contribution in [-0.2, 0) is 17.7 Å². The molecule has 0 aromatic carbocycles. The highest BCUT2D eigenvalue weighted by Gasteiger charge is 2.34. The fourth-order valence-corrected chi connectivity index (χ4v) is 2.87. The topological polar surface area (TPSA) is 103 Å². The van der Waals surface area contributed by atoms with Crippen LogP contribution in [0.1, 0.15) is 48.0 Å². The lowest BCUT2D eigenvalue weighted by molar-refractivity contribution is 0.0718. The molecule has 1 amide bonds. The van der Waals surface area contributed by atoms with Crippen LogP contribution >= 0.6 is 0 Å². The highest BCUT2D eigenvalue weighted by molar-refractivity contribution is 5.92. The van der Waals surface area contributed by atoms with Crippen molar-refractivity contribution in [3.63, 3.8) is 0 Å². The monoisotopic (exact) mass is 347 g/mol. The number of aromatic nitrogens is 4. The van der Waals surface area contributed by atoms with Gasteiger partial charge in [-0.15, -0.1) is 0 Å². The van der Waals surface area contributed by atoms with Gasteiger partial charge in [0.15, 0.2) is 5.82 Å². The third-order valence-corrected chi connectivity index (χ3v) is 4.19. The summed E-state index contributed by atoms with van der Waals surface area (Å²) in [4.78, 5) is 30.7. The molecule has 3 rings (SSSR count). The second-order valence-corrected chi connectivity index (χ2v) is 5.83. The van der Waals surface area contributed by atoms with Gasteiger partial charge < -0.3 is 14.2 Å². The molecule has 3 heterocycles. The summed E-state index contributed by atoms with van der Waals surface area (Å²) in [5, 5.41) is 8.17. The fourth-order valence-electron chi connectivity index (χ4n) is 2.87. The van der Waals surface area contributed by atoms with Crippen LogP contribution in [-0.4, -0.2) is 51.0 Å². The molecule has 1 aliphatic heterocycles. The van der Waals surface area contributed by atoms with Crippen molar-refractivity contribution in [2.24, 2.45) is 0 Å². The normalized spacial score (nSPS) is 17.2. The van der Waals surface area contributed by atoms with Crippen molar-refractivity contribution < 1.29 is 14.1 Å². The van der Waals surface area contributed by atoms with Crippen molar-refractivity contribution in [3.8, 4) is 0 Å². The van der Waals surface area contributed by atoms with Crippen LogP contribution in [0.5, 0.6) is 0 Å². The first kappa shape index (κ1) is 17.3. The van der Waals surface area contributed by atoms with E-state index < -0.39 is 0 Å². The zero-order valence-electron chi connectivity index (χ0n) is 14.3. The Balaban J connectivity index is 1.82. The van der Waals surface area contributed by atoms with Crippen LogP contribution < -0.4 is 5.56 Å². The summed E-state index contributed by atoms with van der Waals surface area (Å²) >= 11 is 0. The Labute approximate surface area is 144 Å². The molecule has 2 aromatic rings. The Morgan fingerprint density at radius 3 is 3.00 bits per heavy atom. The fraction of sp³-hybridized carbons (Fsp3) is 0.562. The Bertz CT molecular complexity index is 800. The Hall–Kier alpha value is -2.55. The van der Waals surface area contributed by atoms with E-state index in [2.05, 4.69) is 15.2 Å². The number of nitrogens with zero attached hydrogens (tertiary/aromatic N) is 5. The third-order valence-electron chi connectivity index (χ3n) is 4.19. The van der Waals surface area contributed by atoms with Gasteiger partial charge in [-0.2, -0.15) is 10.1 Å². The van der Waals surface area contributed by atoms with E-state index in [-0.39, 0.29) is 23.2 Å². The molecule has 1 unspecified atom stereocenters. The van der Waals surface area contributed by atoms with E-state index in [4.69, 9.17) is 9.26 Å². The number of likely N-dealkylation sites (tertiary alicyclic amines) is 1. The van der Waals surface area contributed by atoms with Crippen molar-refractivity contribution >= 4 is 5.91 Å². The van der Waals surface area contributed by atoms with Gasteiger partial charge in [-0.3, -0.25) is 9.59 Å². The van der Waals surface area contributed by atoms with Gasteiger partial charge in [-0.25, -0.2) is 4.68 Å². The average Bonchev–Trinajstić information content (AvgIpc) is 3.29. The highest BCUT2D eigenvalue weighted by Crippen LogP contribution is 2.31. The zero-order valence-corrected chi connectivity index (χ0v) is 14.3. The smallest absolute Gasteiger partial charge is 0.274 e. The average molecular weight is 347 g/mol. The molecule has 0 radical (unpaired) electrons. The van der Waals surface area contributed by atoms with E-state index in [1.54, 1.807) is 12.0 Å². The van der Waals surface area contributed by atoms with Crippen molar-refractivity contribution in [2.75, 3.05) is 20.3 Å². The number of carbonyl (C=O) groups excluding carboxylic acids is 1. The molecule has 1 aliphatic rings. The van der Waals surface area contributed by atoms with E-state index in [0.717, 1.165) is 12.8 Å². The number of ether oxygens (including phenoxy) is 1. The van der Waals surface area contributed by atoms with E-state index in [1.165, 1.54) is 16.8 Å². The van der Waals surface area contributed by atoms with Crippen LogP contribution in [0.2, 0.25) is 0 Å². The molecule has 0 aliphatic carbocycles. The molecule has 1 atom stereocenters. The molecule has 9 nitrogen and oxygen atoms in total. The van der Waals surface area contributed by atoms with Gasteiger partial charge in [-0.1, -0.05) is 12.1 Å². The van der Waals surface area contributed by atoms with E-state index in [1.807, 2.05) is 6.92 Å². The van der Waals surface area contributed by atoms with Crippen LogP contribution in [0.4, 0.5) is 0 Å². The standard InChI is InChI=1S/C16H21N5O4/c1-3-13-17-15(19-25-13)12-5-4-8-20(12)16(23)11-6-7-14(22)21(18-11)9-10-24-2/h6-7,12H,3-5,8-10H2,1-2H3. The minimum atomic E-state index is -0.266. The quantitative estimate of drug-likeness (QED) is 0.762. The second kappa shape index (κ2) is 7.56. The van der Waals surface area contributed by atoms with Crippen molar-refractivity contribution in [3.05, 3.63) is 39.9 Å². The maximum absolute atomic E-state index is 12.9. The van der Waals surface area contributed by atoms with Crippen molar-refractivity contribution in [1.82, 2.24) is 24.8 Å². The summed E-state index contributed by atoms with van der Waals surface area (Å²) in [6, 6.07) is 2.58. The summed E-state index contributed by atoms with van der Waals surface area (Å²) < 4.78 is 11.4. The molecule has 0 bridgehead atoms. The molecule has 134 valence electrons. The predicted octanol–water partition coefficient (Wildman–Crippen LogP) is 0.812. The summed E-state index contributed by atoms with van der Waals surface area (Å²) in [6.07, 6.45) is 2.28. The van der Waals surface area contributed by atoms with E-state index in [0.29, 0.717) is 37.8 Å². The lowest BCUT2D eigenvalue weighted by Crippen LogP contribution is -2.34. The summed E-state index contributed by atoms with van der Waals surface area (Å²) in [6.45, 7) is 3.17. The second-order valence-electron chi connectivity index (χ2n) is 5.83. The van der Waals surface area contributed by atoms with E-state index >= 15 is 0 Å². The van der Waals surface area contributed by atoms with Gasteiger partial charge in [0.2, 0.25) is 5.89 Å². The number of methoxy groups -OCH3 is 1. The Morgan fingerprint density at radius 1 is 1.44 bits per heavy atom. The zero-order chi connectivity index (χ0) is 17.8. The number of amides is 1. The SMILES string of the molecule is CCc1nc(C2CCCN2C(=O)c2ccc(=O)n(CCOC)n2)no1. The van der Waals surface area contributed by atoms with Gasteiger partial charge in [0, 0.05) is 26.1 Å². The highest BCUT2D eigenvalue weighted by atomic mass is 16.5. The number of aryl methyl sites for hydroxylation is 1. The maximum atomic E-state index is 12.9. The Morgan fingerprint density at radius 2 is 2.28 bits per heavy atom. The first-order chi connectivity index (χ1) is 12.1. The number of hydrogen-bond acceptors (Lipinski definition) is 7. The first-order valence-electron chi connectivity index (χ1n) is 8.34. The minimum Gasteiger partial charge on any atom is -0.383 e. The molecule has 9 heteroatoms. The number of rotatable bonds is 6. The number of hydrogen-bond donors (Lipinski definition) is 0. The maximum Gasteiger partial charge on any atom is 0.274 e. The molecule has 0 spiro atoms. The van der Waals surface area contributed by atoms with Crippen molar-refractivity contribution in [1.29, 1.82) is 0 Å². The largest absolute Gasteiger partial charge is 0.383 e. The lowest BCUT2D eigenvalue weighted by atomic mass is 10.2. The van der Waals surface area contributed by atoms with Crippen LogP contribution in [0.25, 0.3) is 0 Å². The van der Waals surface area contributed by atoms with Crippen LogP contribution in [0.3, 0.4) is 0 Å². The van der Waals surface area contributed by atoms with E-state index in [9.17, 15) is 9.59 Å². The van der Waals surface area contributed by atoms with Crippen LogP contribution in [0, 0.1) is 0 Å². The van der Waals surface area contributed by atoms with Gasteiger partial charge in [0.25, 0.3) is 11.5 Å². The van der Waals surface area contributed by atoms with Gasteiger partial charge in [0.05, 0.1) is 19.2 Å². The number of carbonyl (C=O) groups is 1. The third kappa shape index (κ3) is 3.60. The van der Waals surface area contributed by atoms with Gasteiger partial charge in [0.1, 0.15) is 5.69 Å². The molecule has 0 saturated carbocycles. The molecule has 0 N–H and O–H groups in total. The van der Waals surface area contributed by atoms with Crippen molar-refractivity contribution in [2.45, 2.75) is 38.8 Å². The molecular weight excluding hydrogens is 326 g/mol. The molecule has 2 aromatic heterocycles. The molecule has 25 heavy (non-hydrogen) atoms. The molecule has 1 fully saturated rings. The first-order valence-corrected chi connectivity index (χ1v) is 8.34. The van der Waals surface area contributed by atoms with Crippen LogP contribution in [0.15, 0.2) is 21.5 Å². The lowest BCUT2D eigenvalue weighted by Gasteiger charge is -2.21. The summed E-state index contributed by atoms with van der Waals surface area (Å²) in [5.74, 6) is 0.840. The minimum absolute atomic E-state index is 0.224. The molecular formula is C16H21N5O4.